The maximum absolute atomic E-state index is 12.3. The third-order valence-electron chi connectivity index (χ3n) is 4.77. The standard InChI is InChI=1S/C19H30N6OS.HI/c1-3-20-18(22-14-15(2)16-8-6-13-27-16)21-10-7-12-25-19(26)24-11-5-4-9-17(24)23-25;/h6,8,13,15H,3-5,7,9-12,14H2,1-2H3,(H2,20,21,22);1H. The van der Waals surface area contributed by atoms with E-state index in [-0.39, 0.29) is 29.7 Å². The number of halogens is 1. The van der Waals surface area contributed by atoms with Crippen LogP contribution in [0.2, 0.25) is 0 Å². The Hall–Kier alpha value is -1.36. The molecule has 28 heavy (non-hydrogen) atoms. The van der Waals surface area contributed by atoms with E-state index in [1.165, 1.54) is 4.88 Å². The molecule has 0 aromatic carbocycles. The number of thiophene rings is 1. The molecule has 0 spiro atoms. The Morgan fingerprint density at radius 2 is 2.25 bits per heavy atom. The van der Waals surface area contributed by atoms with Gasteiger partial charge in [0.05, 0.1) is 6.54 Å². The molecule has 2 aromatic heterocycles. The molecular formula is C19H31IN6OS. The van der Waals surface area contributed by atoms with Crippen LogP contribution in [0.3, 0.4) is 0 Å². The Morgan fingerprint density at radius 3 is 2.96 bits per heavy atom. The van der Waals surface area contributed by atoms with Crippen LogP contribution >= 0.6 is 35.3 Å². The van der Waals surface area contributed by atoms with Gasteiger partial charge in [-0.25, -0.2) is 9.48 Å². The summed E-state index contributed by atoms with van der Waals surface area (Å²) in [5, 5.41) is 13.2. The normalized spacial score (nSPS) is 14.9. The Morgan fingerprint density at radius 1 is 1.39 bits per heavy atom. The number of hydrogen-bond acceptors (Lipinski definition) is 4. The van der Waals surface area contributed by atoms with E-state index in [9.17, 15) is 4.79 Å². The molecule has 1 aliphatic rings. The van der Waals surface area contributed by atoms with Crippen molar-refractivity contribution in [3.8, 4) is 0 Å². The first-order chi connectivity index (χ1) is 13.2. The maximum atomic E-state index is 12.3. The van der Waals surface area contributed by atoms with Gasteiger partial charge in [-0.2, -0.15) is 5.10 Å². The highest BCUT2D eigenvalue weighted by Gasteiger charge is 2.16. The summed E-state index contributed by atoms with van der Waals surface area (Å²) in [6.07, 6.45) is 3.96. The van der Waals surface area contributed by atoms with Crippen molar-refractivity contribution in [3.05, 3.63) is 38.7 Å². The molecular weight excluding hydrogens is 487 g/mol. The first kappa shape index (κ1) is 22.9. The van der Waals surface area contributed by atoms with Gasteiger partial charge in [-0.1, -0.05) is 13.0 Å². The number of nitrogens with zero attached hydrogens (tertiary/aromatic N) is 4. The molecule has 0 amide bonds. The molecule has 2 aromatic rings. The van der Waals surface area contributed by atoms with E-state index in [2.05, 4.69) is 47.1 Å². The van der Waals surface area contributed by atoms with E-state index in [1.54, 1.807) is 16.0 Å². The number of guanidine groups is 1. The van der Waals surface area contributed by atoms with Crippen molar-refractivity contribution >= 4 is 41.3 Å². The smallest absolute Gasteiger partial charge is 0.345 e. The predicted molar refractivity (Wildman–Crippen MR) is 126 cm³/mol. The van der Waals surface area contributed by atoms with Crippen LogP contribution in [0, 0.1) is 0 Å². The minimum absolute atomic E-state index is 0. The summed E-state index contributed by atoms with van der Waals surface area (Å²) in [5.41, 5.74) is 0.0371. The number of aliphatic imine (C=N–C) groups is 1. The van der Waals surface area contributed by atoms with Crippen molar-refractivity contribution < 1.29 is 0 Å². The highest BCUT2D eigenvalue weighted by Crippen LogP contribution is 2.20. The summed E-state index contributed by atoms with van der Waals surface area (Å²) in [4.78, 5) is 18.4. The number of aryl methyl sites for hydroxylation is 2. The zero-order chi connectivity index (χ0) is 19.1. The molecule has 0 saturated heterocycles. The second-order valence-electron chi connectivity index (χ2n) is 6.95. The van der Waals surface area contributed by atoms with Crippen molar-refractivity contribution in [2.45, 2.75) is 58.5 Å². The Kier molecular flexibility index (Phi) is 9.49. The van der Waals surface area contributed by atoms with Gasteiger partial charge in [0.15, 0.2) is 5.96 Å². The average molecular weight is 518 g/mol. The Balaban J connectivity index is 0.00000280. The topological polar surface area (TPSA) is 76.2 Å². The lowest BCUT2D eigenvalue weighted by Gasteiger charge is -2.13. The molecule has 156 valence electrons. The predicted octanol–water partition coefficient (Wildman–Crippen LogP) is 2.81. The molecule has 2 N–H and O–H groups in total. The summed E-state index contributed by atoms with van der Waals surface area (Å²) in [5.74, 6) is 2.19. The van der Waals surface area contributed by atoms with Crippen molar-refractivity contribution in [1.82, 2.24) is 25.0 Å². The van der Waals surface area contributed by atoms with E-state index < -0.39 is 0 Å². The highest BCUT2D eigenvalue weighted by molar-refractivity contribution is 14.0. The minimum atomic E-state index is 0. The lowest BCUT2D eigenvalue weighted by Crippen LogP contribution is -2.38. The van der Waals surface area contributed by atoms with Crippen LogP contribution in [0.25, 0.3) is 0 Å². The zero-order valence-electron chi connectivity index (χ0n) is 16.7. The quantitative estimate of drug-likeness (QED) is 0.244. The molecule has 3 rings (SSSR count). The molecule has 0 saturated carbocycles. The minimum Gasteiger partial charge on any atom is -0.357 e. The fraction of sp³-hybridized carbons (Fsp3) is 0.632. The number of nitrogens with one attached hydrogen (secondary N) is 2. The van der Waals surface area contributed by atoms with E-state index >= 15 is 0 Å². The summed E-state index contributed by atoms with van der Waals surface area (Å²) < 4.78 is 3.44. The van der Waals surface area contributed by atoms with Crippen LogP contribution in [-0.2, 0) is 19.5 Å². The van der Waals surface area contributed by atoms with Gasteiger partial charge in [-0.15, -0.1) is 35.3 Å². The monoisotopic (exact) mass is 518 g/mol. The third-order valence-corrected chi connectivity index (χ3v) is 5.87. The van der Waals surface area contributed by atoms with Gasteiger partial charge in [0, 0.05) is 43.4 Å². The van der Waals surface area contributed by atoms with Crippen molar-refractivity contribution in [2.75, 3.05) is 19.6 Å². The zero-order valence-corrected chi connectivity index (χ0v) is 19.8. The number of aromatic nitrogens is 3. The summed E-state index contributed by atoms with van der Waals surface area (Å²) in [6.45, 7) is 8.05. The summed E-state index contributed by atoms with van der Waals surface area (Å²) >= 11 is 1.78. The highest BCUT2D eigenvalue weighted by atomic mass is 127. The van der Waals surface area contributed by atoms with Crippen LogP contribution in [0.15, 0.2) is 27.3 Å². The summed E-state index contributed by atoms with van der Waals surface area (Å²) in [6, 6.07) is 4.24. The first-order valence-electron chi connectivity index (χ1n) is 9.91. The lowest BCUT2D eigenvalue weighted by atomic mass is 10.1. The van der Waals surface area contributed by atoms with Crippen molar-refractivity contribution in [1.29, 1.82) is 0 Å². The Labute approximate surface area is 187 Å². The number of fused-ring (bicyclic) bond motifs is 1. The van der Waals surface area contributed by atoms with Gasteiger partial charge in [0.25, 0.3) is 0 Å². The second-order valence-corrected chi connectivity index (χ2v) is 7.93. The summed E-state index contributed by atoms with van der Waals surface area (Å²) in [7, 11) is 0. The van der Waals surface area contributed by atoms with Crippen LogP contribution < -0.4 is 16.3 Å². The van der Waals surface area contributed by atoms with Crippen LogP contribution in [0.4, 0.5) is 0 Å². The lowest BCUT2D eigenvalue weighted by molar-refractivity contribution is 0.509. The Bertz CT molecular complexity index is 798. The molecule has 1 atom stereocenters. The molecule has 9 heteroatoms. The van der Waals surface area contributed by atoms with Gasteiger partial charge in [0.2, 0.25) is 0 Å². The molecule has 1 aliphatic heterocycles. The van der Waals surface area contributed by atoms with Crippen LogP contribution in [0.1, 0.15) is 49.7 Å². The maximum Gasteiger partial charge on any atom is 0.345 e. The SMILES string of the molecule is CCNC(=NCC(C)c1cccs1)NCCCn1nc2n(c1=O)CCCC2.I. The van der Waals surface area contributed by atoms with Crippen molar-refractivity contribution in [2.24, 2.45) is 4.99 Å². The van der Waals surface area contributed by atoms with Gasteiger partial charge >= 0.3 is 5.69 Å². The van der Waals surface area contributed by atoms with E-state index in [4.69, 9.17) is 4.99 Å². The van der Waals surface area contributed by atoms with Crippen molar-refractivity contribution in [3.63, 3.8) is 0 Å². The molecule has 1 unspecified atom stereocenters. The van der Waals surface area contributed by atoms with E-state index in [0.717, 1.165) is 63.6 Å². The van der Waals surface area contributed by atoms with Crippen LogP contribution in [0.5, 0.6) is 0 Å². The van der Waals surface area contributed by atoms with Gasteiger partial charge in [-0.3, -0.25) is 9.56 Å². The largest absolute Gasteiger partial charge is 0.357 e. The number of hydrogen-bond donors (Lipinski definition) is 2. The van der Waals surface area contributed by atoms with Gasteiger partial charge < -0.3 is 10.6 Å². The van der Waals surface area contributed by atoms with Crippen LogP contribution in [-0.4, -0.2) is 39.9 Å². The average Bonchev–Trinajstić information content (AvgIpc) is 3.32. The van der Waals surface area contributed by atoms with Gasteiger partial charge in [-0.05, 0) is 37.6 Å². The van der Waals surface area contributed by atoms with E-state index in [0.29, 0.717) is 12.5 Å². The molecule has 0 fully saturated rings. The second kappa shape index (κ2) is 11.6. The molecule has 0 radical (unpaired) electrons. The molecule has 3 heterocycles. The van der Waals surface area contributed by atoms with E-state index in [1.807, 2.05) is 4.57 Å². The fourth-order valence-corrected chi connectivity index (χ4v) is 4.04. The fourth-order valence-electron chi connectivity index (χ4n) is 3.26. The van der Waals surface area contributed by atoms with Gasteiger partial charge in [0.1, 0.15) is 5.82 Å². The first-order valence-corrected chi connectivity index (χ1v) is 10.8. The molecule has 0 bridgehead atoms. The number of rotatable bonds is 8. The molecule has 7 nitrogen and oxygen atoms in total. The molecule has 0 aliphatic carbocycles. The third kappa shape index (κ3) is 6.07.